The van der Waals surface area contributed by atoms with E-state index in [4.69, 9.17) is 4.18 Å². The summed E-state index contributed by atoms with van der Waals surface area (Å²) in [6, 6.07) is 0. The Labute approximate surface area is 359 Å². The zero-order chi connectivity index (χ0) is 34.8. The van der Waals surface area contributed by atoms with Crippen LogP contribution in [0.3, 0.4) is 0 Å². The fraction of sp³-hybridized carbons (Fsp3) is 0.867. The van der Waals surface area contributed by atoms with Crippen molar-refractivity contribution < 1.29 is 145 Å². The Bertz CT molecular complexity index is 1560. The van der Waals surface area contributed by atoms with E-state index in [9.17, 15) is 44.0 Å². The van der Waals surface area contributed by atoms with E-state index in [1.165, 1.54) is 0 Å². The van der Waals surface area contributed by atoms with Gasteiger partial charge in [-0.2, -0.15) is 0 Å². The third kappa shape index (κ3) is 10.3. The van der Waals surface area contributed by atoms with Gasteiger partial charge in [-0.25, -0.2) is 25.3 Å². The quantitative estimate of drug-likeness (QED) is 0.0848. The average Bonchev–Trinajstić information content (AvgIpc) is 3.15. The van der Waals surface area contributed by atoms with Crippen LogP contribution in [-0.2, 0) is 43.7 Å². The van der Waals surface area contributed by atoms with Crippen LogP contribution in [0.25, 0.3) is 0 Å². The van der Waals surface area contributed by atoms with E-state index in [2.05, 4.69) is 49.6 Å². The molecule has 0 bridgehead atoms. The zero-order valence-corrected chi connectivity index (χ0v) is 38.7. The smallest absolute Gasteiger partial charge is 0.726 e. The molecule has 0 aromatic carbocycles. The van der Waals surface area contributed by atoms with Crippen molar-refractivity contribution in [2.45, 2.75) is 117 Å². The Balaban J connectivity index is 0.00000400. The van der Waals surface area contributed by atoms with Gasteiger partial charge in [0.15, 0.2) is 0 Å². The van der Waals surface area contributed by atoms with Crippen molar-refractivity contribution in [2.24, 2.45) is 45.8 Å². The molecule has 0 unspecified atom stereocenters. The van der Waals surface area contributed by atoms with Crippen molar-refractivity contribution in [3.05, 3.63) is 23.8 Å². The molecule has 4 rings (SSSR count). The summed E-state index contributed by atoms with van der Waals surface area (Å²) in [5.41, 5.74) is -0.118. The molecule has 0 spiro atoms. The van der Waals surface area contributed by atoms with E-state index in [0.29, 0.717) is 24.2 Å². The minimum absolute atomic E-state index is 0. The summed E-state index contributed by atoms with van der Waals surface area (Å²) >= 11 is 0. The Morgan fingerprint density at radius 2 is 1.47 bits per heavy atom. The van der Waals surface area contributed by atoms with E-state index >= 15 is 0 Å². The molecular formula is C30H47Na3O13S3. The number of hydrogen-bond acceptors (Lipinski definition) is 13. The second-order valence-corrected chi connectivity index (χ2v) is 17.9. The maximum absolute atomic E-state index is 12.0. The van der Waals surface area contributed by atoms with Crippen LogP contribution in [0.15, 0.2) is 23.8 Å². The summed E-state index contributed by atoms with van der Waals surface area (Å²) in [4.78, 5) is 0. The van der Waals surface area contributed by atoms with Crippen LogP contribution in [-0.4, -0.2) is 68.4 Å². The van der Waals surface area contributed by atoms with Crippen LogP contribution in [0.2, 0.25) is 0 Å². The van der Waals surface area contributed by atoms with Gasteiger partial charge in [0.2, 0.25) is 31.2 Å². The molecule has 1 N–H and O–H groups in total. The van der Waals surface area contributed by atoms with E-state index < -0.39 is 78.8 Å². The first-order valence-electron chi connectivity index (χ1n) is 15.8. The molecule has 0 saturated heterocycles. The third-order valence-corrected chi connectivity index (χ3v) is 13.9. The minimum Gasteiger partial charge on any atom is -0.726 e. The number of aliphatic hydroxyl groups excluding tert-OH is 1. The Morgan fingerprint density at radius 3 is 1.96 bits per heavy atom. The van der Waals surface area contributed by atoms with E-state index in [0.717, 1.165) is 43.3 Å². The van der Waals surface area contributed by atoms with Gasteiger partial charge in [-0.3, -0.25) is 12.5 Å². The van der Waals surface area contributed by atoms with Gasteiger partial charge in [-0.1, -0.05) is 58.4 Å². The standard InChI is InChI=1S/C30H50O13S3.3Na/c1-8-19(17(2)3)10-9-18(4)20-11-13-30(7)22-15-23(41-44(32,33)34)25-26(31)27(43-46(38,39)40)24(42-45(35,36)37)16-28(25,5)21(22)12-14-29(20,30)6;;;/h12,18-20,22-27,31H,2,8-11,13-16H2,1,3-7H3,(H,32,33,34)(H,35,36,37)(H,38,39,40);;;/q;3*+1/p-3/t18-,19-,20-,22-,23+,24+,25+,26-,27-,28-,29-,30+;;;/m1.../s1. The molecule has 0 amide bonds. The van der Waals surface area contributed by atoms with Crippen LogP contribution in [0.5, 0.6) is 0 Å². The number of aliphatic hydroxyl groups is 1. The zero-order valence-electron chi connectivity index (χ0n) is 30.2. The predicted octanol–water partition coefficient (Wildman–Crippen LogP) is -5.29. The van der Waals surface area contributed by atoms with Gasteiger partial charge in [0.1, 0.15) is 12.2 Å². The molecule has 3 saturated carbocycles. The minimum atomic E-state index is -5.57. The summed E-state index contributed by atoms with van der Waals surface area (Å²) in [5, 5.41) is 11.5. The number of rotatable bonds is 12. The van der Waals surface area contributed by atoms with Crippen molar-refractivity contribution in [1.29, 1.82) is 0 Å². The fourth-order valence-corrected chi connectivity index (χ4v) is 11.7. The molecular weight excluding hydrogens is 733 g/mol. The third-order valence-electron chi connectivity index (χ3n) is 12.5. The van der Waals surface area contributed by atoms with Crippen LogP contribution in [0, 0.1) is 45.8 Å². The molecule has 0 aliphatic heterocycles. The summed E-state index contributed by atoms with van der Waals surface area (Å²) < 4.78 is 120. The van der Waals surface area contributed by atoms with Gasteiger partial charge < -0.3 is 18.8 Å². The van der Waals surface area contributed by atoms with Crippen LogP contribution in [0.4, 0.5) is 0 Å². The molecule has 4 aliphatic carbocycles. The molecule has 13 nitrogen and oxygen atoms in total. The van der Waals surface area contributed by atoms with E-state index in [1.54, 1.807) is 6.92 Å². The van der Waals surface area contributed by atoms with Crippen molar-refractivity contribution in [3.8, 4) is 0 Å². The summed E-state index contributed by atoms with van der Waals surface area (Å²) in [7, 11) is -16.4. The van der Waals surface area contributed by atoms with Gasteiger partial charge in [0.05, 0.1) is 12.2 Å². The largest absolute Gasteiger partial charge is 1.00 e. The number of allylic oxidation sites excluding steroid dienone is 3. The second-order valence-electron chi connectivity index (χ2n) is 14.8. The molecule has 0 radical (unpaired) electrons. The molecule has 266 valence electrons. The van der Waals surface area contributed by atoms with Crippen molar-refractivity contribution >= 4 is 31.2 Å². The Morgan fingerprint density at radius 1 is 0.939 bits per heavy atom. The van der Waals surface area contributed by atoms with Gasteiger partial charge in [-0.05, 0) is 98.2 Å². The monoisotopic (exact) mass is 780 g/mol. The molecule has 19 heteroatoms. The van der Waals surface area contributed by atoms with Crippen molar-refractivity contribution in [1.82, 2.24) is 0 Å². The first-order valence-corrected chi connectivity index (χ1v) is 19.8. The summed E-state index contributed by atoms with van der Waals surface area (Å²) in [6.07, 6.45) is -0.765. The molecule has 49 heavy (non-hydrogen) atoms. The Hall–Kier alpha value is 2.05. The molecule has 12 atom stereocenters. The second kappa shape index (κ2) is 17.5. The van der Waals surface area contributed by atoms with Gasteiger partial charge in [-0.15, -0.1) is 0 Å². The maximum atomic E-state index is 12.0. The first-order chi connectivity index (χ1) is 20.9. The normalized spacial score (nSPS) is 38.6. The average molecular weight is 781 g/mol. The van der Waals surface area contributed by atoms with Gasteiger partial charge >= 0.3 is 88.7 Å². The van der Waals surface area contributed by atoms with Gasteiger partial charge in [0.25, 0.3) is 0 Å². The summed E-state index contributed by atoms with van der Waals surface area (Å²) in [6.45, 7) is 16.6. The van der Waals surface area contributed by atoms with Crippen molar-refractivity contribution in [2.75, 3.05) is 0 Å². The molecule has 4 aliphatic rings. The molecule has 3 fully saturated rings. The Kier molecular flexibility index (Phi) is 17.5. The summed E-state index contributed by atoms with van der Waals surface area (Å²) in [5.74, 6) is -0.618. The van der Waals surface area contributed by atoms with Crippen LogP contribution in [0.1, 0.15) is 92.9 Å². The van der Waals surface area contributed by atoms with E-state index in [-0.39, 0.29) is 106 Å². The van der Waals surface area contributed by atoms with Crippen molar-refractivity contribution in [3.63, 3.8) is 0 Å². The maximum Gasteiger partial charge on any atom is 1.00 e. The first kappa shape index (κ1) is 49.1. The molecule has 0 aromatic heterocycles. The van der Waals surface area contributed by atoms with E-state index in [1.807, 2.05) is 6.08 Å². The fourth-order valence-electron chi connectivity index (χ4n) is 10.2. The number of fused-ring (bicyclic) bond motifs is 5. The van der Waals surface area contributed by atoms with Gasteiger partial charge in [0, 0.05) is 5.92 Å². The predicted molar refractivity (Wildman–Crippen MR) is 163 cm³/mol. The topological polar surface area (TPSA) is 220 Å². The molecule has 0 aromatic rings. The van der Waals surface area contributed by atoms with Crippen LogP contribution >= 0.6 is 0 Å². The number of hydrogen-bond donors (Lipinski definition) is 1. The SMILES string of the molecule is C=C(C)[C@H](CC)CC[C@@H](C)[C@H]1CC[C@@]2(C)[C@@H]3C[C@H](OS(=O)(=O)[O-])[C@H]4[C@@H](O)[C@H](OS(=O)(=O)[O-])[C@@H](OS(=O)(=O)[O-])C[C@]4(C)C3=CC[C@]12C.[Na+].[Na+].[Na+]. The van der Waals surface area contributed by atoms with Crippen LogP contribution < -0.4 is 88.7 Å². The molecule has 0 heterocycles.